The summed E-state index contributed by atoms with van der Waals surface area (Å²) in [5.41, 5.74) is 6.35. The van der Waals surface area contributed by atoms with Crippen LogP contribution in [-0.4, -0.2) is 45.4 Å². The first-order valence-electron chi connectivity index (χ1n) is 10.3. The molecule has 6 nitrogen and oxygen atoms in total. The smallest absolute Gasteiger partial charge is 0.267 e. The van der Waals surface area contributed by atoms with Gasteiger partial charge in [-0.3, -0.25) is 14.9 Å². The van der Waals surface area contributed by atoms with Crippen LogP contribution < -0.4 is 5.48 Å². The van der Waals surface area contributed by atoms with Gasteiger partial charge in [0.1, 0.15) is 0 Å². The molecule has 0 saturated heterocycles. The first kappa shape index (κ1) is 20.3. The molecular weight excluding hydrogens is 378 g/mol. The molecule has 6 heteroatoms. The molecule has 156 valence electrons. The summed E-state index contributed by atoms with van der Waals surface area (Å²) in [4.78, 5) is 13.6. The maximum atomic E-state index is 11.2. The van der Waals surface area contributed by atoms with E-state index >= 15 is 0 Å². The minimum atomic E-state index is -0.542. The number of carbonyl (C=O) groups excluding carboxylic acids is 1. The van der Waals surface area contributed by atoms with Gasteiger partial charge in [0, 0.05) is 43.5 Å². The van der Waals surface area contributed by atoms with Gasteiger partial charge in [0.05, 0.1) is 6.61 Å². The van der Waals surface area contributed by atoms with Crippen molar-refractivity contribution in [2.75, 3.05) is 19.7 Å². The van der Waals surface area contributed by atoms with Crippen LogP contribution in [0.2, 0.25) is 0 Å². The monoisotopic (exact) mass is 405 g/mol. The van der Waals surface area contributed by atoms with Crippen molar-refractivity contribution < 1.29 is 15.1 Å². The number of nitrogens with zero attached hydrogens (tertiary/aromatic N) is 2. The second kappa shape index (κ2) is 9.26. The van der Waals surface area contributed by atoms with E-state index in [4.69, 9.17) is 5.21 Å². The lowest BCUT2D eigenvalue weighted by molar-refractivity contribution is -0.124. The second-order valence-corrected chi connectivity index (χ2v) is 7.65. The normalized spacial score (nSPS) is 15.9. The Bertz CT molecular complexity index is 1060. The molecule has 0 aliphatic heterocycles. The van der Waals surface area contributed by atoms with E-state index in [9.17, 15) is 9.90 Å². The summed E-state index contributed by atoms with van der Waals surface area (Å²) in [7, 11) is 0. The van der Waals surface area contributed by atoms with Gasteiger partial charge in [-0.25, -0.2) is 5.48 Å². The van der Waals surface area contributed by atoms with Crippen molar-refractivity contribution >= 4 is 22.9 Å². The summed E-state index contributed by atoms with van der Waals surface area (Å²) in [5, 5.41) is 19.5. The maximum Gasteiger partial charge on any atom is 0.267 e. The highest BCUT2D eigenvalue weighted by Gasteiger charge is 2.27. The van der Waals surface area contributed by atoms with Crippen LogP contribution in [0.15, 0.2) is 60.8 Å². The van der Waals surface area contributed by atoms with Gasteiger partial charge in [0.25, 0.3) is 5.91 Å². The predicted molar refractivity (Wildman–Crippen MR) is 117 cm³/mol. The van der Waals surface area contributed by atoms with Gasteiger partial charge >= 0.3 is 0 Å². The fourth-order valence-electron chi connectivity index (χ4n) is 4.43. The predicted octanol–water partition coefficient (Wildman–Crippen LogP) is 3.14. The number of rotatable bonds is 8. The number of hydroxylamine groups is 1. The van der Waals surface area contributed by atoms with Crippen molar-refractivity contribution in [1.29, 1.82) is 0 Å². The molecular formula is C24H27N3O3. The Balaban J connectivity index is 1.49. The van der Waals surface area contributed by atoms with E-state index in [1.165, 1.54) is 28.1 Å². The minimum absolute atomic E-state index is 0.134. The molecule has 2 aromatic carbocycles. The van der Waals surface area contributed by atoms with E-state index in [1.807, 2.05) is 6.07 Å². The molecule has 1 aliphatic rings. The van der Waals surface area contributed by atoms with Crippen molar-refractivity contribution in [2.45, 2.75) is 25.4 Å². The second-order valence-electron chi connectivity index (χ2n) is 7.65. The molecule has 0 spiro atoms. The number of aliphatic hydroxyl groups is 1. The zero-order valence-electron chi connectivity index (χ0n) is 16.9. The number of carbonyl (C=O) groups is 1. The molecule has 0 saturated carbocycles. The Morgan fingerprint density at radius 1 is 1.20 bits per heavy atom. The molecule has 4 rings (SSSR count). The molecule has 3 aromatic rings. The Labute approximate surface area is 176 Å². The Kier molecular flexibility index (Phi) is 6.28. The van der Waals surface area contributed by atoms with Gasteiger partial charge in [-0.2, -0.15) is 0 Å². The SMILES string of the molecule is O=C(/C=C/c1ccc2c(c1)CCC2N(CCO)CCn1ccc2ccccc21)NO. The third-order valence-corrected chi connectivity index (χ3v) is 5.89. The number of aromatic nitrogens is 1. The van der Waals surface area contributed by atoms with Crippen LogP contribution in [0.5, 0.6) is 0 Å². The molecule has 1 atom stereocenters. The first-order valence-corrected chi connectivity index (χ1v) is 10.3. The summed E-state index contributed by atoms with van der Waals surface area (Å²) < 4.78 is 2.27. The molecule has 1 aliphatic carbocycles. The number of aliphatic hydroxyl groups excluding tert-OH is 1. The molecule has 1 aromatic heterocycles. The van der Waals surface area contributed by atoms with Crippen LogP contribution in [0.1, 0.15) is 29.2 Å². The summed E-state index contributed by atoms with van der Waals surface area (Å²) in [6.07, 6.45) is 7.13. The Hall–Kier alpha value is -2.93. The summed E-state index contributed by atoms with van der Waals surface area (Å²) in [6, 6.07) is 17.0. The molecule has 0 radical (unpaired) electrons. The van der Waals surface area contributed by atoms with Crippen molar-refractivity contribution in [3.63, 3.8) is 0 Å². The Morgan fingerprint density at radius 2 is 2.07 bits per heavy atom. The first-order chi connectivity index (χ1) is 14.7. The summed E-state index contributed by atoms with van der Waals surface area (Å²) in [6.45, 7) is 2.51. The van der Waals surface area contributed by atoms with Crippen molar-refractivity contribution in [2.24, 2.45) is 0 Å². The third kappa shape index (κ3) is 4.31. The minimum Gasteiger partial charge on any atom is -0.395 e. The van der Waals surface area contributed by atoms with Crippen molar-refractivity contribution in [3.05, 3.63) is 77.5 Å². The number of amides is 1. The average Bonchev–Trinajstić information content (AvgIpc) is 3.39. The van der Waals surface area contributed by atoms with E-state index in [-0.39, 0.29) is 12.6 Å². The Morgan fingerprint density at radius 3 is 2.90 bits per heavy atom. The summed E-state index contributed by atoms with van der Waals surface area (Å²) >= 11 is 0. The molecule has 0 bridgehead atoms. The fraction of sp³-hybridized carbons (Fsp3) is 0.292. The molecule has 3 N–H and O–H groups in total. The number of hydrogen-bond donors (Lipinski definition) is 3. The van der Waals surface area contributed by atoms with Crippen LogP contribution in [0.4, 0.5) is 0 Å². The number of benzene rings is 2. The fourth-order valence-corrected chi connectivity index (χ4v) is 4.43. The van der Waals surface area contributed by atoms with Crippen LogP contribution in [-0.2, 0) is 17.8 Å². The lowest BCUT2D eigenvalue weighted by Gasteiger charge is -2.29. The molecule has 1 amide bonds. The van der Waals surface area contributed by atoms with E-state index in [1.54, 1.807) is 11.6 Å². The molecule has 1 unspecified atom stereocenters. The lowest BCUT2D eigenvalue weighted by Crippen LogP contribution is -2.33. The van der Waals surface area contributed by atoms with E-state index in [0.717, 1.165) is 31.5 Å². The largest absolute Gasteiger partial charge is 0.395 e. The van der Waals surface area contributed by atoms with Crippen LogP contribution >= 0.6 is 0 Å². The van der Waals surface area contributed by atoms with E-state index < -0.39 is 5.91 Å². The highest BCUT2D eigenvalue weighted by molar-refractivity contribution is 5.90. The number of para-hydroxylation sites is 1. The maximum absolute atomic E-state index is 11.2. The van der Waals surface area contributed by atoms with Gasteiger partial charge < -0.3 is 9.67 Å². The zero-order chi connectivity index (χ0) is 20.9. The standard InChI is InChI=1S/C24H27N3O3/c28-16-15-27(14-13-26-12-11-19-3-1-2-4-22(19)26)23-9-7-20-17-18(5-8-21(20)23)6-10-24(29)25-30/h1-6,8,10-12,17,23,28,30H,7,9,13-16H2,(H,25,29)/b10-6+. The van der Waals surface area contributed by atoms with E-state index in [0.29, 0.717) is 6.54 Å². The van der Waals surface area contributed by atoms with Crippen molar-refractivity contribution in [1.82, 2.24) is 14.9 Å². The molecule has 1 heterocycles. The van der Waals surface area contributed by atoms with Gasteiger partial charge in [0.15, 0.2) is 0 Å². The highest BCUT2D eigenvalue weighted by atomic mass is 16.5. The average molecular weight is 405 g/mol. The highest BCUT2D eigenvalue weighted by Crippen LogP contribution is 2.36. The van der Waals surface area contributed by atoms with Gasteiger partial charge in [0.2, 0.25) is 0 Å². The topological polar surface area (TPSA) is 77.7 Å². The van der Waals surface area contributed by atoms with Gasteiger partial charge in [-0.1, -0.05) is 36.4 Å². The summed E-state index contributed by atoms with van der Waals surface area (Å²) in [5.74, 6) is -0.542. The van der Waals surface area contributed by atoms with Crippen molar-refractivity contribution in [3.8, 4) is 0 Å². The quantitative estimate of drug-likeness (QED) is 0.306. The third-order valence-electron chi connectivity index (χ3n) is 5.89. The zero-order valence-corrected chi connectivity index (χ0v) is 16.9. The molecule has 0 fully saturated rings. The lowest BCUT2D eigenvalue weighted by atomic mass is 10.0. The number of hydrogen-bond acceptors (Lipinski definition) is 4. The van der Waals surface area contributed by atoms with Crippen LogP contribution in [0.3, 0.4) is 0 Å². The number of aryl methyl sites for hydroxylation is 1. The number of fused-ring (bicyclic) bond motifs is 2. The van der Waals surface area contributed by atoms with E-state index in [2.05, 4.69) is 58.1 Å². The van der Waals surface area contributed by atoms with Crippen LogP contribution in [0.25, 0.3) is 17.0 Å². The number of nitrogens with one attached hydrogen (secondary N) is 1. The van der Waals surface area contributed by atoms with Gasteiger partial charge in [-0.05, 0) is 53.1 Å². The van der Waals surface area contributed by atoms with Crippen LogP contribution in [0, 0.1) is 0 Å². The molecule has 30 heavy (non-hydrogen) atoms. The van der Waals surface area contributed by atoms with Gasteiger partial charge in [-0.15, -0.1) is 0 Å².